The van der Waals surface area contributed by atoms with Gasteiger partial charge in [-0.05, 0) is 82.6 Å². The predicted molar refractivity (Wildman–Crippen MR) is 153 cm³/mol. The van der Waals surface area contributed by atoms with Crippen molar-refractivity contribution in [3.8, 4) is 0 Å². The number of ether oxygens (including phenoxy) is 1. The van der Waals surface area contributed by atoms with E-state index in [1.807, 2.05) is 77.1 Å². The lowest BCUT2D eigenvalue weighted by Crippen LogP contribution is -2.52. The lowest BCUT2D eigenvalue weighted by molar-refractivity contribution is -0.140. The van der Waals surface area contributed by atoms with Crippen molar-refractivity contribution in [1.29, 1.82) is 0 Å². The first-order valence-corrected chi connectivity index (χ1v) is 13.5. The van der Waals surface area contributed by atoms with Gasteiger partial charge in [-0.2, -0.15) is 0 Å². The van der Waals surface area contributed by atoms with E-state index in [0.717, 1.165) is 28.8 Å². The van der Waals surface area contributed by atoms with Crippen molar-refractivity contribution in [1.82, 2.24) is 10.2 Å². The summed E-state index contributed by atoms with van der Waals surface area (Å²) in [5.74, 6) is -0.501. The second-order valence-electron chi connectivity index (χ2n) is 11.2. The molecule has 2 atom stereocenters. The number of alkyl carbamates (subject to hydrolysis) is 1. The SMILES string of the molecule is CCc1ccc(C(C(=O)Nc2c(C)cccc2C)N(CC)C(=O)C(CC(C)C)NC(=O)OC(C)(C)C)cc1. The van der Waals surface area contributed by atoms with E-state index in [1.54, 1.807) is 25.7 Å². The number of carbonyl (C=O) groups is 3. The number of hydrogen-bond donors (Lipinski definition) is 2. The molecular formula is C31H45N3O4. The van der Waals surface area contributed by atoms with Crippen LogP contribution in [0.25, 0.3) is 0 Å². The lowest BCUT2D eigenvalue weighted by atomic mass is 9.98. The third-order valence-corrected chi connectivity index (χ3v) is 6.31. The molecule has 208 valence electrons. The third kappa shape index (κ3) is 8.61. The molecule has 2 N–H and O–H groups in total. The van der Waals surface area contributed by atoms with Crippen molar-refractivity contribution in [2.75, 3.05) is 11.9 Å². The summed E-state index contributed by atoms with van der Waals surface area (Å²) >= 11 is 0. The molecule has 2 rings (SSSR count). The summed E-state index contributed by atoms with van der Waals surface area (Å²) < 4.78 is 5.44. The highest BCUT2D eigenvalue weighted by molar-refractivity contribution is 5.99. The van der Waals surface area contributed by atoms with Crippen LogP contribution in [-0.2, 0) is 20.7 Å². The van der Waals surface area contributed by atoms with Crippen molar-refractivity contribution < 1.29 is 19.1 Å². The number of likely N-dealkylation sites (N-methyl/N-ethyl adjacent to an activating group) is 1. The van der Waals surface area contributed by atoms with E-state index in [9.17, 15) is 14.4 Å². The van der Waals surface area contributed by atoms with Crippen LogP contribution in [-0.4, -0.2) is 41.0 Å². The summed E-state index contributed by atoms with van der Waals surface area (Å²) in [5.41, 5.74) is 3.77. The summed E-state index contributed by atoms with van der Waals surface area (Å²) in [4.78, 5) is 42.1. The van der Waals surface area contributed by atoms with E-state index >= 15 is 0 Å². The van der Waals surface area contributed by atoms with Crippen LogP contribution in [0.5, 0.6) is 0 Å². The number of aryl methyl sites for hydroxylation is 3. The largest absolute Gasteiger partial charge is 0.444 e. The maximum atomic E-state index is 14.0. The van der Waals surface area contributed by atoms with Gasteiger partial charge in [-0.1, -0.05) is 63.2 Å². The monoisotopic (exact) mass is 523 g/mol. The first kappa shape index (κ1) is 30.9. The van der Waals surface area contributed by atoms with Crippen LogP contribution >= 0.6 is 0 Å². The molecule has 7 nitrogen and oxygen atoms in total. The fourth-order valence-corrected chi connectivity index (χ4v) is 4.42. The number of nitrogens with zero attached hydrogens (tertiary/aromatic N) is 1. The average Bonchev–Trinajstić information content (AvgIpc) is 2.82. The number of para-hydroxylation sites is 1. The maximum absolute atomic E-state index is 14.0. The van der Waals surface area contributed by atoms with Crippen molar-refractivity contribution >= 4 is 23.6 Å². The zero-order valence-corrected chi connectivity index (χ0v) is 24.5. The van der Waals surface area contributed by atoms with Gasteiger partial charge < -0.3 is 20.3 Å². The Morgan fingerprint density at radius 1 is 0.947 bits per heavy atom. The molecule has 0 spiro atoms. The van der Waals surface area contributed by atoms with Crippen LogP contribution in [0, 0.1) is 19.8 Å². The highest BCUT2D eigenvalue weighted by atomic mass is 16.6. The first-order chi connectivity index (χ1) is 17.8. The fourth-order valence-electron chi connectivity index (χ4n) is 4.42. The molecule has 3 amide bonds. The number of nitrogens with one attached hydrogen (secondary N) is 2. The number of amides is 3. The van der Waals surface area contributed by atoms with E-state index in [4.69, 9.17) is 4.74 Å². The van der Waals surface area contributed by atoms with Gasteiger partial charge in [0.1, 0.15) is 17.7 Å². The molecular weight excluding hydrogens is 478 g/mol. The predicted octanol–water partition coefficient (Wildman–Crippen LogP) is 6.33. The van der Waals surface area contributed by atoms with Gasteiger partial charge in [0.15, 0.2) is 0 Å². The van der Waals surface area contributed by atoms with Crippen LogP contribution < -0.4 is 10.6 Å². The highest BCUT2D eigenvalue weighted by Gasteiger charge is 2.36. The van der Waals surface area contributed by atoms with Crippen LogP contribution in [0.2, 0.25) is 0 Å². The maximum Gasteiger partial charge on any atom is 0.408 e. The van der Waals surface area contributed by atoms with Crippen LogP contribution in [0.15, 0.2) is 42.5 Å². The normalized spacial score (nSPS) is 13.0. The molecule has 0 aromatic heterocycles. The number of rotatable bonds is 10. The molecule has 0 heterocycles. The Morgan fingerprint density at radius 2 is 1.53 bits per heavy atom. The van der Waals surface area contributed by atoms with Crippen molar-refractivity contribution in [2.45, 2.75) is 92.8 Å². The quantitative estimate of drug-likeness (QED) is 0.381. The number of hydrogen-bond acceptors (Lipinski definition) is 4. The Labute approximate surface area is 228 Å². The third-order valence-electron chi connectivity index (χ3n) is 6.31. The molecule has 0 aliphatic heterocycles. The van der Waals surface area contributed by atoms with E-state index in [0.29, 0.717) is 12.0 Å². The average molecular weight is 524 g/mol. The highest BCUT2D eigenvalue weighted by Crippen LogP contribution is 2.28. The molecule has 38 heavy (non-hydrogen) atoms. The van der Waals surface area contributed by atoms with Crippen LogP contribution in [0.4, 0.5) is 10.5 Å². The zero-order valence-electron chi connectivity index (χ0n) is 24.5. The Balaban J connectivity index is 2.50. The Morgan fingerprint density at radius 3 is 2.00 bits per heavy atom. The van der Waals surface area contributed by atoms with Gasteiger partial charge in [0.05, 0.1) is 0 Å². The van der Waals surface area contributed by atoms with E-state index in [1.165, 1.54) is 0 Å². The van der Waals surface area contributed by atoms with Gasteiger partial charge >= 0.3 is 6.09 Å². The summed E-state index contributed by atoms with van der Waals surface area (Å²) in [5, 5.41) is 5.85. The summed E-state index contributed by atoms with van der Waals surface area (Å²) in [7, 11) is 0. The van der Waals surface area contributed by atoms with E-state index in [-0.39, 0.29) is 24.3 Å². The van der Waals surface area contributed by atoms with Gasteiger partial charge in [-0.3, -0.25) is 9.59 Å². The number of carbonyl (C=O) groups excluding carboxylic acids is 3. The number of benzene rings is 2. The van der Waals surface area contributed by atoms with Gasteiger partial charge in [-0.15, -0.1) is 0 Å². The summed E-state index contributed by atoms with van der Waals surface area (Å²) in [6, 6.07) is 11.9. The standard InChI is InChI=1S/C31H45N3O4/c1-10-23-15-17-24(18-16-23)27(28(35)33-26-21(5)13-12-14-22(26)6)34(11-2)29(36)25(19-20(3)4)32-30(37)38-31(7,8)9/h12-18,20,25,27H,10-11,19H2,1-9H3,(H,32,37)(H,33,35). The molecule has 0 radical (unpaired) electrons. The van der Waals surface area contributed by atoms with Gasteiger partial charge in [0, 0.05) is 12.2 Å². The van der Waals surface area contributed by atoms with Crippen molar-refractivity contribution in [3.63, 3.8) is 0 Å². The molecule has 2 aromatic carbocycles. The smallest absolute Gasteiger partial charge is 0.408 e. The minimum absolute atomic E-state index is 0.128. The molecule has 0 aliphatic rings. The second kappa shape index (κ2) is 13.4. The molecule has 7 heteroatoms. The van der Waals surface area contributed by atoms with E-state index in [2.05, 4.69) is 17.6 Å². The molecule has 0 aliphatic carbocycles. The van der Waals surface area contributed by atoms with Crippen molar-refractivity contribution in [2.24, 2.45) is 5.92 Å². The van der Waals surface area contributed by atoms with E-state index < -0.39 is 23.8 Å². The zero-order chi connectivity index (χ0) is 28.6. The molecule has 0 saturated heterocycles. The molecule has 0 bridgehead atoms. The Hall–Kier alpha value is -3.35. The van der Waals surface area contributed by atoms with Gasteiger partial charge in [0.2, 0.25) is 5.91 Å². The minimum atomic E-state index is -0.882. The first-order valence-electron chi connectivity index (χ1n) is 13.5. The summed E-state index contributed by atoms with van der Waals surface area (Å²) in [6.07, 6.45) is 0.622. The Bertz CT molecular complexity index is 1080. The second-order valence-corrected chi connectivity index (χ2v) is 11.2. The van der Waals surface area contributed by atoms with Gasteiger partial charge in [-0.25, -0.2) is 4.79 Å². The fraction of sp³-hybridized carbons (Fsp3) is 0.516. The van der Waals surface area contributed by atoms with Crippen molar-refractivity contribution in [3.05, 3.63) is 64.7 Å². The van der Waals surface area contributed by atoms with Gasteiger partial charge in [0.25, 0.3) is 5.91 Å². The molecule has 2 unspecified atom stereocenters. The topological polar surface area (TPSA) is 87.7 Å². The van der Waals surface area contributed by atoms with Crippen LogP contribution in [0.3, 0.4) is 0 Å². The molecule has 0 fully saturated rings. The Kier molecular flexibility index (Phi) is 10.9. The lowest BCUT2D eigenvalue weighted by Gasteiger charge is -2.34. The number of anilines is 1. The molecule has 2 aromatic rings. The summed E-state index contributed by atoms with van der Waals surface area (Å²) in [6.45, 7) is 17.4. The molecule has 0 saturated carbocycles. The van der Waals surface area contributed by atoms with Crippen LogP contribution in [0.1, 0.15) is 83.2 Å². The minimum Gasteiger partial charge on any atom is -0.444 e.